The van der Waals surface area contributed by atoms with Crippen LogP contribution in [0.3, 0.4) is 0 Å². The molecular weight excluding hydrogens is 326 g/mol. The van der Waals surface area contributed by atoms with Crippen molar-refractivity contribution >= 4 is 22.8 Å². The Bertz CT molecular complexity index is 886. The van der Waals surface area contributed by atoms with Gasteiger partial charge < -0.3 is 16.4 Å². The third-order valence-corrected chi connectivity index (χ3v) is 4.99. The van der Waals surface area contributed by atoms with E-state index in [0.717, 1.165) is 28.3 Å². The molecule has 0 aliphatic heterocycles. The van der Waals surface area contributed by atoms with Crippen LogP contribution in [0.15, 0.2) is 36.5 Å². The van der Waals surface area contributed by atoms with Gasteiger partial charge in [0.05, 0.1) is 11.6 Å². The molecule has 1 aromatic carbocycles. The fraction of sp³-hybridized carbons (Fsp3) is 0.421. The number of nitrogens with zero attached hydrogens (tertiary/aromatic N) is 4. The molecule has 1 aliphatic carbocycles. The molecule has 0 saturated heterocycles. The molecule has 0 bridgehead atoms. The molecule has 1 fully saturated rings. The highest BCUT2D eigenvalue weighted by Gasteiger charge is 2.28. The van der Waals surface area contributed by atoms with Gasteiger partial charge >= 0.3 is 0 Å². The minimum atomic E-state index is -0.121. The first-order valence-electron chi connectivity index (χ1n) is 9.12. The first kappa shape index (κ1) is 16.8. The zero-order valence-electron chi connectivity index (χ0n) is 15.2. The van der Waals surface area contributed by atoms with E-state index in [1.807, 2.05) is 43.6 Å². The van der Waals surface area contributed by atoms with Crippen molar-refractivity contribution in [2.45, 2.75) is 31.8 Å². The van der Waals surface area contributed by atoms with Gasteiger partial charge in [-0.2, -0.15) is 15.1 Å². The molecule has 2 unspecified atom stereocenters. The Morgan fingerprint density at radius 3 is 2.73 bits per heavy atom. The van der Waals surface area contributed by atoms with Crippen molar-refractivity contribution in [3.63, 3.8) is 0 Å². The lowest BCUT2D eigenvalue weighted by Crippen LogP contribution is -2.22. The van der Waals surface area contributed by atoms with Gasteiger partial charge in [-0.05, 0) is 31.2 Å². The molecule has 2 aromatic heterocycles. The number of aryl methyl sites for hydroxylation is 1. The van der Waals surface area contributed by atoms with Crippen molar-refractivity contribution in [2.75, 3.05) is 17.2 Å². The molecule has 7 heteroatoms. The number of rotatable bonds is 7. The Labute approximate surface area is 153 Å². The van der Waals surface area contributed by atoms with E-state index in [4.69, 9.17) is 5.73 Å². The SMILES string of the molecule is CC(Nc1nc(NCC(N)c2ccccc2)nc2c1cnn2C)C1CC1. The van der Waals surface area contributed by atoms with Crippen molar-refractivity contribution in [3.05, 3.63) is 42.1 Å². The van der Waals surface area contributed by atoms with E-state index in [2.05, 4.69) is 32.6 Å². The molecule has 136 valence electrons. The Morgan fingerprint density at radius 1 is 1.23 bits per heavy atom. The Kier molecular flexibility index (Phi) is 4.46. The van der Waals surface area contributed by atoms with Gasteiger partial charge in [-0.3, -0.25) is 4.68 Å². The number of nitrogens with two attached hydrogens (primary N) is 1. The van der Waals surface area contributed by atoms with E-state index in [0.29, 0.717) is 18.5 Å². The highest BCUT2D eigenvalue weighted by molar-refractivity contribution is 5.87. The summed E-state index contributed by atoms with van der Waals surface area (Å²) in [7, 11) is 1.89. The number of benzene rings is 1. The lowest BCUT2D eigenvalue weighted by molar-refractivity contribution is 0.691. The van der Waals surface area contributed by atoms with Crippen LogP contribution in [0.5, 0.6) is 0 Å². The summed E-state index contributed by atoms with van der Waals surface area (Å²) in [5.74, 6) is 2.14. The second-order valence-corrected chi connectivity index (χ2v) is 7.07. The van der Waals surface area contributed by atoms with E-state index >= 15 is 0 Å². The Balaban J connectivity index is 1.55. The molecular formula is C19H25N7. The highest BCUT2D eigenvalue weighted by atomic mass is 15.3. The summed E-state index contributed by atoms with van der Waals surface area (Å²) in [5.41, 5.74) is 8.17. The van der Waals surface area contributed by atoms with Gasteiger partial charge in [-0.1, -0.05) is 30.3 Å². The van der Waals surface area contributed by atoms with Crippen LogP contribution in [0.2, 0.25) is 0 Å². The summed E-state index contributed by atoms with van der Waals surface area (Å²) in [6.07, 6.45) is 4.38. The molecule has 0 spiro atoms. The predicted molar refractivity (Wildman–Crippen MR) is 104 cm³/mol. The smallest absolute Gasteiger partial charge is 0.226 e. The standard InChI is InChI=1S/C19H25N7/c1-12(13-8-9-13)23-17-15-10-22-26(2)18(15)25-19(24-17)21-11-16(20)14-6-4-3-5-7-14/h3-7,10,12-13,16H,8-9,11,20H2,1-2H3,(H2,21,23,24,25). The lowest BCUT2D eigenvalue weighted by Gasteiger charge is -2.16. The van der Waals surface area contributed by atoms with Crippen LogP contribution in [-0.2, 0) is 7.05 Å². The number of nitrogens with one attached hydrogen (secondary N) is 2. The second-order valence-electron chi connectivity index (χ2n) is 7.07. The largest absolute Gasteiger partial charge is 0.367 e. The van der Waals surface area contributed by atoms with Crippen LogP contribution in [0, 0.1) is 5.92 Å². The van der Waals surface area contributed by atoms with Gasteiger partial charge in [0.2, 0.25) is 5.95 Å². The summed E-state index contributed by atoms with van der Waals surface area (Å²) in [4.78, 5) is 9.30. The van der Waals surface area contributed by atoms with E-state index in [1.54, 1.807) is 4.68 Å². The van der Waals surface area contributed by atoms with Gasteiger partial charge in [0.1, 0.15) is 5.82 Å². The average Bonchev–Trinajstić information content (AvgIpc) is 3.45. The molecule has 4 N–H and O–H groups in total. The van der Waals surface area contributed by atoms with Crippen molar-refractivity contribution < 1.29 is 0 Å². The summed E-state index contributed by atoms with van der Waals surface area (Å²) < 4.78 is 1.77. The van der Waals surface area contributed by atoms with Crippen molar-refractivity contribution in [2.24, 2.45) is 18.7 Å². The average molecular weight is 351 g/mol. The van der Waals surface area contributed by atoms with Crippen LogP contribution in [0.1, 0.15) is 31.4 Å². The van der Waals surface area contributed by atoms with E-state index in [-0.39, 0.29) is 6.04 Å². The van der Waals surface area contributed by atoms with Gasteiger partial charge in [0.15, 0.2) is 5.65 Å². The summed E-state index contributed by atoms with van der Waals surface area (Å²) in [5, 5.41) is 12.1. The second kappa shape index (κ2) is 6.92. The van der Waals surface area contributed by atoms with Crippen molar-refractivity contribution in [1.29, 1.82) is 0 Å². The van der Waals surface area contributed by atoms with Crippen LogP contribution in [-0.4, -0.2) is 32.3 Å². The third-order valence-electron chi connectivity index (χ3n) is 4.99. The fourth-order valence-corrected chi connectivity index (χ4v) is 3.16. The van der Waals surface area contributed by atoms with E-state index < -0.39 is 0 Å². The quantitative estimate of drug-likeness (QED) is 0.606. The molecule has 0 radical (unpaired) electrons. The number of hydrogen-bond acceptors (Lipinski definition) is 6. The number of fused-ring (bicyclic) bond motifs is 1. The lowest BCUT2D eigenvalue weighted by atomic mass is 10.1. The normalized spacial score (nSPS) is 16.4. The molecule has 26 heavy (non-hydrogen) atoms. The first-order chi connectivity index (χ1) is 12.6. The molecule has 0 amide bonds. The zero-order chi connectivity index (χ0) is 18.1. The Hall–Kier alpha value is -2.67. The number of aromatic nitrogens is 4. The summed E-state index contributed by atoms with van der Waals surface area (Å²) >= 11 is 0. The van der Waals surface area contributed by atoms with Gasteiger partial charge in [0.25, 0.3) is 0 Å². The van der Waals surface area contributed by atoms with Crippen LogP contribution >= 0.6 is 0 Å². The molecule has 7 nitrogen and oxygen atoms in total. The molecule has 4 rings (SSSR count). The molecule has 2 atom stereocenters. The van der Waals surface area contributed by atoms with Crippen molar-refractivity contribution in [3.8, 4) is 0 Å². The maximum absolute atomic E-state index is 6.28. The molecule has 2 heterocycles. The highest BCUT2D eigenvalue weighted by Crippen LogP contribution is 2.34. The van der Waals surface area contributed by atoms with E-state index in [1.165, 1.54) is 12.8 Å². The fourth-order valence-electron chi connectivity index (χ4n) is 3.16. The number of anilines is 2. The van der Waals surface area contributed by atoms with Crippen LogP contribution in [0.25, 0.3) is 11.0 Å². The third kappa shape index (κ3) is 3.48. The van der Waals surface area contributed by atoms with Crippen LogP contribution < -0.4 is 16.4 Å². The Morgan fingerprint density at radius 2 is 2.00 bits per heavy atom. The van der Waals surface area contributed by atoms with Crippen molar-refractivity contribution in [1.82, 2.24) is 19.7 Å². The minimum absolute atomic E-state index is 0.121. The van der Waals surface area contributed by atoms with Gasteiger partial charge in [0, 0.05) is 25.7 Å². The van der Waals surface area contributed by atoms with Crippen LogP contribution in [0.4, 0.5) is 11.8 Å². The topological polar surface area (TPSA) is 93.7 Å². The number of hydrogen-bond donors (Lipinski definition) is 3. The van der Waals surface area contributed by atoms with E-state index in [9.17, 15) is 0 Å². The minimum Gasteiger partial charge on any atom is -0.367 e. The van der Waals surface area contributed by atoms with Gasteiger partial charge in [-0.25, -0.2) is 0 Å². The molecule has 1 saturated carbocycles. The predicted octanol–water partition coefficient (Wildman–Crippen LogP) is 2.69. The monoisotopic (exact) mass is 351 g/mol. The molecule has 1 aliphatic rings. The summed E-state index contributed by atoms with van der Waals surface area (Å²) in [6.45, 7) is 2.77. The maximum atomic E-state index is 6.28. The first-order valence-corrected chi connectivity index (χ1v) is 9.12. The zero-order valence-corrected chi connectivity index (χ0v) is 15.2. The summed E-state index contributed by atoms with van der Waals surface area (Å²) in [6, 6.07) is 10.3. The molecule has 3 aromatic rings. The maximum Gasteiger partial charge on any atom is 0.226 e. The van der Waals surface area contributed by atoms with Gasteiger partial charge in [-0.15, -0.1) is 0 Å².